The number of esters is 3. The molecule has 0 radical (unpaired) electrons. The maximum absolute atomic E-state index is 12.9. The molecule has 1 saturated carbocycles. The van der Waals surface area contributed by atoms with Gasteiger partial charge in [0.05, 0.1) is 18.1 Å². The smallest absolute Gasteiger partial charge is 0.312 e. The Hall–Kier alpha value is -1.92. The Labute approximate surface area is 225 Å². The zero-order valence-corrected chi connectivity index (χ0v) is 22.7. The molecule has 3 heterocycles. The summed E-state index contributed by atoms with van der Waals surface area (Å²) in [6, 6.07) is 0. The van der Waals surface area contributed by atoms with Gasteiger partial charge in [-0.1, -0.05) is 20.8 Å². The van der Waals surface area contributed by atoms with E-state index in [0.717, 1.165) is 6.92 Å². The van der Waals surface area contributed by atoms with Crippen molar-refractivity contribution >= 4 is 29.5 Å². The Morgan fingerprint density at radius 1 is 1.16 bits per heavy atom. The highest BCUT2D eigenvalue weighted by molar-refractivity contribution is 6.19. The monoisotopic (exact) mass is 558 g/mol. The first kappa shape index (κ1) is 27.6. The second kappa shape index (κ2) is 9.33. The number of hydrogen-bond acceptors (Lipinski definition) is 11. The molecule has 13 atom stereocenters. The van der Waals surface area contributed by atoms with Gasteiger partial charge in [0, 0.05) is 42.0 Å². The molecule has 5 rings (SSSR count). The molecular weight excluding hydrogens is 524 g/mol. The third-order valence-electron chi connectivity index (χ3n) is 9.30. The van der Waals surface area contributed by atoms with E-state index < -0.39 is 101 Å². The second-order valence-electron chi connectivity index (χ2n) is 11.4. The van der Waals surface area contributed by atoms with Gasteiger partial charge >= 0.3 is 17.9 Å². The van der Waals surface area contributed by atoms with E-state index in [1.54, 1.807) is 13.8 Å². The summed E-state index contributed by atoms with van der Waals surface area (Å²) in [6.45, 7) is 7.96. The molecule has 5 aliphatic rings. The molecule has 0 spiro atoms. The molecule has 0 aromatic heterocycles. The summed E-state index contributed by atoms with van der Waals surface area (Å²) in [5.74, 6) is -5.47. The fourth-order valence-electron chi connectivity index (χ4n) is 7.18. The topological polar surface area (TPSA) is 165 Å². The Morgan fingerprint density at radius 3 is 2.45 bits per heavy atom. The first-order valence-corrected chi connectivity index (χ1v) is 13.6. The maximum Gasteiger partial charge on any atom is 0.312 e. The Kier molecular flexibility index (Phi) is 6.79. The maximum atomic E-state index is 12.9. The summed E-state index contributed by atoms with van der Waals surface area (Å²) in [7, 11) is 0. The molecular formula is C26H35ClO11. The number of aliphatic hydroxyl groups is 3. The lowest BCUT2D eigenvalue weighted by Crippen LogP contribution is -2.68. The molecule has 4 fully saturated rings. The summed E-state index contributed by atoms with van der Waals surface area (Å²) >= 11 is 6.16. The van der Waals surface area contributed by atoms with Gasteiger partial charge in [0.25, 0.3) is 0 Å². The quantitative estimate of drug-likeness (QED) is 0.192. The SMILES string of the molecule is CCCC(=O)O[C@@H]1[C@H](C)[C@@H]2[C@H](OC(C)=O)[C@]3(O)[C@@H](C)C(=O)O[C@H]3/C(O)=C(/CCl)[C@H]3O[C@H]3[C@H](O)[C@@]2(C)[C@H]2O[C@@H]12. The van der Waals surface area contributed by atoms with Crippen LogP contribution < -0.4 is 0 Å². The fourth-order valence-corrected chi connectivity index (χ4v) is 7.47. The van der Waals surface area contributed by atoms with Crippen LogP contribution in [0.1, 0.15) is 47.5 Å². The van der Waals surface area contributed by atoms with Crippen molar-refractivity contribution in [2.75, 3.05) is 5.88 Å². The van der Waals surface area contributed by atoms with Crippen molar-refractivity contribution in [3.05, 3.63) is 11.3 Å². The minimum absolute atomic E-state index is 0.160. The van der Waals surface area contributed by atoms with Gasteiger partial charge in [0.1, 0.15) is 36.3 Å². The van der Waals surface area contributed by atoms with E-state index in [2.05, 4.69) is 0 Å². The number of carbonyl (C=O) groups excluding carboxylic acids is 3. The third-order valence-corrected chi connectivity index (χ3v) is 9.59. The van der Waals surface area contributed by atoms with Crippen molar-refractivity contribution in [1.29, 1.82) is 0 Å². The van der Waals surface area contributed by atoms with Crippen LogP contribution in [0, 0.1) is 23.2 Å². The van der Waals surface area contributed by atoms with Crippen LogP contribution in [0.3, 0.4) is 0 Å². The number of hydrogen-bond donors (Lipinski definition) is 3. The van der Waals surface area contributed by atoms with Gasteiger partial charge in [-0.05, 0) is 13.3 Å². The van der Waals surface area contributed by atoms with Crippen molar-refractivity contribution in [3.8, 4) is 0 Å². The number of aliphatic hydroxyl groups excluding tert-OH is 2. The van der Waals surface area contributed by atoms with Crippen LogP contribution in [0.5, 0.6) is 0 Å². The summed E-state index contributed by atoms with van der Waals surface area (Å²) in [6.07, 6.45) is -7.01. The number of alkyl halides is 1. The van der Waals surface area contributed by atoms with Gasteiger partial charge in [0.2, 0.25) is 0 Å². The molecule has 2 aliphatic carbocycles. The van der Waals surface area contributed by atoms with Crippen LogP contribution >= 0.6 is 11.6 Å². The van der Waals surface area contributed by atoms with E-state index in [4.69, 9.17) is 35.3 Å². The normalized spacial score (nSPS) is 50.9. The number of ether oxygens (including phenoxy) is 5. The van der Waals surface area contributed by atoms with Gasteiger partial charge in [-0.2, -0.15) is 0 Å². The van der Waals surface area contributed by atoms with Gasteiger partial charge in [-0.15, -0.1) is 11.6 Å². The lowest BCUT2D eigenvalue weighted by Gasteiger charge is -2.53. The minimum Gasteiger partial charge on any atom is -0.508 e. The molecule has 0 bridgehead atoms. The van der Waals surface area contributed by atoms with E-state index in [-0.39, 0.29) is 17.9 Å². The molecule has 3 N–H and O–H groups in total. The summed E-state index contributed by atoms with van der Waals surface area (Å²) in [4.78, 5) is 37.9. The summed E-state index contributed by atoms with van der Waals surface area (Å²) < 4.78 is 29.0. The fraction of sp³-hybridized carbons (Fsp3) is 0.808. The molecule has 12 heteroatoms. The van der Waals surface area contributed by atoms with Crippen LogP contribution in [-0.4, -0.2) is 93.5 Å². The minimum atomic E-state index is -2.26. The van der Waals surface area contributed by atoms with E-state index in [0.29, 0.717) is 6.42 Å². The molecule has 212 valence electrons. The first-order valence-electron chi connectivity index (χ1n) is 13.1. The number of fused-ring (bicyclic) bond motifs is 5. The number of halogens is 1. The predicted octanol–water partition coefficient (Wildman–Crippen LogP) is 1.16. The van der Waals surface area contributed by atoms with E-state index in [1.165, 1.54) is 6.92 Å². The average molecular weight is 559 g/mol. The molecule has 38 heavy (non-hydrogen) atoms. The number of carbonyl (C=O) groups is 3. The average Bonchev–Trinajstić information content (AvgIpc) is 3.77. The highest BCUT2D eigenvalue weighted by atomic mass is 35.5. The van der Waals surface area contributed by atoms with Crippen LogP contribution in [0.4, 0.5) is 0 Å². The van der Waals surface area contributed by atoms with E-state index >= 15 is 0 Å². The molecule has 0 amide bonds. The van der Waals surface area contributed by atoms with Crippen molar-refractivity contribution < 1.29 is 53.4 Å². The Morgan fingerprint density at radius 2 is 1.84 bits per heavy atom. The van der Waals surface area contributed by atoms with Crippen LogP contribution in [-0.2, 0) is 38.1 Å². The van der Waals surface area contributed by atoms with Crippen LogP contribution in [0.15, 0.2) is 11.3 Å². The Balaban J connectivity index is 1.71. The third kappa shape index (κ3) is 3.80. The summed E-state index contributed by atoms with van der Waals surface area (Å²) in [5.41, 5.74) is -3.29. The van der Waals surface area contributed by atoms with Crippen molar-refractivity contribution in [2.45, 2.75) is 102 Å². The van der Waals surface area contributed by atoms with E-state index in [1.807, 2.05) is 6.92 Å². The van der Waals surface area contributed by atoms with Gasteiger partial charge in [0.15, 0.2) is 11.7 Å². The largest absolute Gasteiger partial charge is 0.508 e. The standard InChI is InChI=1S/C26H35ClO11/c1-6-7-13(29)35-16-9(2)14-21(34-11(4)28)26(33)10(3)24(32)38-22(26)15(30)12(8-27)17-18(36-17)20(31)25(14,5)23-19(16)37-23/h9-10,14,16-23,30-31,33H,6-8H2,1-5H3/b15-12+/t9-,10+,14-,16-,17-,18-,19+,20+,21+,22+,23+,25+,26-/m1/s1. The van der Waals surface area contributed by atoms with Crippen molar-refractivity contribution in [2.24, 2.45) is 23.2 Å². The second-order valence-corrected chi connectivity index (χ2v) is 11.7. The zero-order chi connectivity index (χ0) is 27.9. The Bertz CT molecular complexity index is 1060. The molecule has 3 aliphatic heterocycles. The number of rotatable bonds is 5. The van der Waals surface area contributed by atoms with Crippen LogP contribution in [0.2, 0.25) is 0 Å². The zero-order valence-electron chi connectivity index (χ0n) is 22.0. The van der Waals surface area contributed by atoms with Crippen molar-refractivity contribution in [3.63, 3.8) is 0 Å². The lowest BCUT2D eigenvalue weighted by atomic mass is 9.53. The molecule has 0 aromatic carbocycles. The van der Waals surface area contributed by atoms with Gasteiger partial charge < -0.3 is 39.0 Å². The highest BCUT2D eigenvalue weighted by Crippen LogP contribution is 2.63. The molecule has 11 nitrogen and oxygen atoms in total. The van der Waals surface area contributed by atoms with Crippen LogP contribution in [0.25, 0.3) is 0 Å². The lowest BCUT2D eigenvalue weighted by molar-refractivity contribution is -0.223. The van der Waals surface area contributed by atoms with E-state index in [9.17, 15) is 29.7 Å². The van der Waals surface area contributed by atoms with Gasteiger partial charge in [-0.25, -0.2) is 0 Å². The number of epoxide rings is 2. The molecule has 3 saturated heterocycles. The highest BCUT2D eigenvalue weighted by Gasteiger charge is 2.77. The van der Waals surface area contributed by atoms with Crippen molar-refractivity contribution in [1.82, 2.24) is 0 Å². The first-order chi connectivity index (χ1) is 17.8. The molecule has 0 aromatic rings. The predicted molar refractivity (Wildman–Crippen MR) is 129 cm³/mol. The summed E-state index contributed by atoms with van der Waals surface area (Å²) in [5, 5.41) is 35.4. The van der Waals surface area contributed by atoms with Gasteiger partial charge in [-0.3, -0.25) is 14.4 Å². The molecule has 0 unspecified atom stereocenters.